The number of aromatic nitrogens is 2. The summed E-state index contributed by atoms with van der Waals surface area (Å²) in [5.41, 5.74) is 12.2. The fraction of sp³-hybridized carbons (Fsp3) is 0.500. The predicted octanol–water partition coefficient (Wildman–Crippen LogP) is 1.29. The lowest BCUT2D eigenvalue weighted by atomic mass is 9.85. The van der Waals surface area contributed by atoms with Crippen LogP contribution in [0.25, 0.3) is 0 Å². The monoisotopic (exact) mass is 460 g/mol. The van der Waals surface area contributed by atoms with Gasteiger partial charge in [0.05, 0.1) is 18.5 Å². The Bertz CT molecular complexity index is 1070. The highest BCUT2D eigenvalue weighted by atomic mass is 35.5. The number of fused-ring (bicyclic) bond motifs is 1. The van der Waals surface area contributed by atoms with E-state index in [-0.39, 0.29) is 42.5 Å². The van der Waals surface area contributed by atoms with Crippen LogP contribution in [0.15, 0.2) is 29.1 Å². The largest absolute Gasteiger partial charge is 0.395 e. The summed E-state index contributed by atoms with van der Waals surface area (Å²) < 4.78 is 1.40. The highest BCUT2D eigenvalue weighted by Crippen LogP contribution is 2.43. The van der Waals surface area contributed by atoms with Crippen LogP contribution >= 0.6 is 11.6 Å². The van der Waals surface area contributed by atoms with Gasteiger partial charge in [-0.25, -0.2) is 4.98 Å². The Balaban J connectivity index is 1.59. The molecule has 1 saturated carbocycles. The van der Waals surface area contributed by atoms with Crippen molar-refractivity contribution in [2.75, 3.05) is 11.9 Å². The molecule has 2 heterocycles. The van der Waals surface area contributed by atoms with E-state index in [1.807, 2.05) is 24.3 Å². The molecule has 0 bridgehead atoms. The summed E-state index contributed by atoms with van der Waals surface area (Å²) >= 11 is 6.46. The molecule has 2 atom stereocenters. The van der Waals surface area contributed by atoms with Crippen LogP contribution < -0.4 is 27.7 Å². The average molecular weight is 461 g/mol. The van der Waals surface area contributed by atoms with E-state index in [0.717, 1.165) is 30.4 Å². The molecule has 1 aliphatic heterocycles. The first-order chi connectivity index (χ1) is 15.2. The molecule has 32 heavy (non-hydrogen) atoms. The zero-order valence-electron chi connectivity index (χ0n) is 18.0. The van der Waals surface area contributed by atoms with Crippen LogP contribution in [-0.4, -0.2) is 33.2 Å². The van der Waals surface area contributed by atoms with Crippen LogP contribution in [0.2, 0.25) is 5.15 Å². The number of hydrogen-bond donors (Lipinski definition) is 5. The number of carbonyl (C=O) groups is 1. The number of carbonyl (C=O) groups excluding carboxylic acids is 1. The van der Waals surface area contributed by atoms with Gasteiger partial charge < -0.3 is 27.2 Å². The number of rotatable bonds is 7. The van der Waals surface area contributed by atoms with E-state index in [1.165, 1.54) is 4.57 Å². The van der Waals surface area contributed by atoms with Crippen molar-refractivity contribution >= 4 is 23.3 Å². The van der Waals surface area contributed by atoms with Gasteiger partial charge in [-0.05, 0) is 36.8 Å². The SMILES string of the molecule is C[C@@]1(CO)C[C@@H](C(=O)NCc2ccc(C(N)N)cc2)n2c1c(Cl)nc(NC1CCC1)c2=O. The van der Waals surface area contributed by atoms with Gasteiger partial charge in [0.15, 0.2) is 11.0 Å². The highest BCUT2D eigenvalue weighted by Gasteiger charge is 2.46. The maximum absolute atomic E-state index is 13.3. The van der Waals surface area contributed by atoms with E-state index in [4.69, 9.17) is 23.1 Å². The first-order valence-corrected chi connectivity index (χ1v) is 11.2. The van der Waals surface area contributed by atoms with Crippen LogP contribution in [0.4, 0.5) is 5.82 Å². The van der Waals surface area contributed by atoms with Crippen molar-refractivity contribution in [3.05, 3.63) is 56.6 Å². The number of aliphatic hydroxyl groups is 1. The van der Waals surface area contributed by atoms with E-state index in [1.54, 1.807) is 6.92 Å². The van der Waals surface area contributed by atoms with Crippen molar-refractivity contribution in [3.8, 4) is 0 Å². The third-order valence-electron chi connectivity index (χ3n) is 6.52. The second-order valence-corrected chi connectivity index (χ2v) is 9.33. The second-order valence-electron chi connectivity index (χ2n) is 8.97. The Kier molecular flexibility index (Phi) is 6.26. The van der Waals surface area contributed by atoms with E-state index < -0.39 is 23.2 Å². The number of nitrogens with two attached hydrogens (primary N) is 2. The van der Waals surface area contributed by atoms with Crippen molar-refractivity contribution in [2.24, 2.45) is 11.5 Å². The number of halogens is 1. The lowest BCUT2D eigenvalue weighted by Gasteiger charge is -2.27. The molecule has 172 valence electrons. The molecule has 1 aromatic carbocycles. The standard InChI is InChI=1S/C22H29ClN6O3/c1-22(11-30)9-15(20(31)26-10-12-5-7-13(8-6-12)18(24)25)29-16(22)17(23)28-19(21(29)32)27-14-3-2-4-14/h5-8,14-15,18,30H,2-4,9-11,24-25H2,1H3,(H,26,31)(H,27,28)/t15-,22-/m0/s1. The average Bonchev–Trinajstić information content (AvgIpc) is 3.07. The van der Waals surface area contributed by atoms with Gasteiger partial charge in [0.25, 0.3) is 5.56 Å². The van der Waals surface area contributed by atoms with Crippen molar-refractivity contribution in [1.82, 2.24) is 14.9 Å². The summed E-state index contributed by atoms with van der Waals surface area (Å²) in [6.45, 7) is 1.81. The number of nitrogens with zero attached hydrogens (tertiary/aromatic N) is 2. The van der Waals surface area contributed by atoms with Gasteiger partial charge in [0.2, 0.25) is 5.91 Å². The maximum Gasteiger partial charge on any atom is 0.294 e. The number of hydrogen-bond acceptors (Lipinski definition) is 7. The molecule has 9 nitrogen and oxygen atoms in total. The Labute approximate surface area is 191 Å². The second kappa shape index (κ2) is 8.82. The van der Waals surface area contributed by atoms with Crippen LogP contribution in [-0.2, 0) is 16.8 Å². The van der Waals surface area contributed by atoms with Crippen molar-refractivity contribution < 1.29 is 9.90 Å². The zero-order chi connectivity index (χ0) is 23.0. The van der Waals surface area contributed by atoms with Crippen molar-refractivity contribution in [2.45, 2.75) is 62.8 Å². The van der Waals surface area contributed by atoms with Crippen LogP contribution in [0.5, 0.6) is 0 Å². The number of benzene rings is 1. The Hall–Kier alpha value is -2.46. The first kappa shape index (κ1) is 22.7. The third-order valence-corrected chi connectivity index (χ3v) is 6.79. The van der Waals surface area contributed by atoms with Crippen LogP contribution in [0.3, 0.4) is 0 Å². The fourth-order valence-electron chi connectivity index (χ4n) is 4.32. The van der Waals surface area contributed by atoms with Crippen molar-refractivity contribution in [1.29, 1.82) is 0 Å². The lowest BCUT2D eigenvalue weighted by molar-refractivity contribution is -0.124. The molecule has 2 aliphatic rings. The lowest BCUT2D eigenvalue weighted by Crippen LogP contribution is -2.38. The molecule has 0 saturated heterocycles. The molecular weight excluding hydrogens is 432 g/mol. The van der Waals surface area contributed by atoms with Gasteiger partial charge >= 0.3 is 0 Å². The summed E-state index contributed by atoms with van der Waals surface area (Å²) in [6.07, 6.45) is 2.72. The number of aliphatic hydroxyl groups excluding tert-OH is 1. The van der Waals surface area contributed by atoms with Gasteiger partial charge in [-0.3, -0.25) is 14.2 Å². The quantitative estimate of drug-likeness (QED) is 0.391. The van der Waals surface area contributed by atoms with E-state index >= 15 is 0 Å². The molecule has 1 aliphatic carbocycles. The predicted molar refractivity (Wildman–Crippen MR) is 122 cm³/mol. The Morgan fingerprint density at radius 2 is 2.03 bits per heavy atom. The molecule has 1 fully saturated rings. The van der Waals surface area contributed by atoms with Gasteiger partial charge in [-0.2, -0.15) is 0 Å². The van der Waals surface area contributed by atoms with Crippen LogP contribution in [0, 0.1) is 0 Å². The first-order valence-electron chi connectivity index (χ1n) is 10.8. The number of amides is 1. The fourth-order valence-corrected chi connectivity index (χ4v) is 4.72. The molecule has 1 aromatic heterocycles. The highest BCUT2D eigenvalue weighted by molar-refractivity contribution is 6.30. The minimum Gasteiger partial charge on any atom is -0.395 e. The molecule has 4 rings (SSSR count). The van der Waals surface area contributed by atoms with E-state index in [0.29, 0.717) is 5.69 Å². The summed E-state index contributed by atoms with van der Waals surface area (Å²) in [7, 11) is 0. The van der Waals surface area contributed by atoms with E-state index in [9.17, 15) is 14.7 Å². The Morgan fingerprint density at radius 3 is 2.59 bits per heavy atom. The molecule has 10 heteroatoms. The summed E-state index contributed by atoms with van der Waals surface area (Å²) in [6, 6.07) is 6.70. The van der Waals surface area contributed by atoms with E-state index in [2.05, 4.69) is 15.6 Å². The smallest absolute Gasteiger partial charge is 0.294 e. The third kappa shape index (κ3) is 4.13. The van der Waals surface area contributed by atoms with Gasteiger partial charge in [-0.1, -0.05) is 42.8 Å². The van der Waals surface area contributed by atoms with Crippen molar-refractivity contribution in [3.63, 3.8) is 0 Å². The normalized spacial score (nSPS) is 22.5. The molecule has 0 unspecified atom stereocenters. The Morgan fingerprint density at radius 1 is 1.34 bits per heavy atom. The number of anilines is 1. The minimum absolute atomic E-state index is 0.131. The van der Waals surface area contributed by atoms with Gasteiger partial charge in [0, 0.05) is 18.0 Å². The zero-order valence-corrected chi connectivity index (χ0v) is 18.7. The molecule has 7 N–H and O–H groups in total. The molecular formula is C22H29ClN6O3. The van der Waals surface area contributed by atoms with Gasteiger partial charge in [-0.15, -0.1) is 0 Å². The molecule has 0 radical (unpaired) electrons. The topological polar surface area (TPSA) is 148 Å². The molecule has 2 aromatic rings. The summed E-state index contributed by atoms with van der Waals surface area (Å²) in [5.74, 6) is -0.167. The molecule has 1 amide bonds. The van der Waals surface area contributed by atoms with Crippen LogP contribution in [0.1, 0.15) is 61.6 Å². The maximum atomic E-state index is 13.3. The summed E-state index contributed by atoms with van der Waals surface area (Å²) in [4.78, 5) is 30.7. The molecule has 0 spiro atoms. The minimum atomic E-state index is -0.848. The number of nitrogens with one attached hydrogen (secondary N) is 2. The van der Waals surface area contributed by atoms with Gasteiger partial charge in [0.1, 0.15) is 6.04 Å². The summed E-state index contributed by atoms with van der Waals surface area (Å²) in [5, 5.41) is 16.2.